The summed E-state index contributed by atoms with van der Waals surface area (Å²) in [6.07, 6.45) is 2.72. The van der Waals surface area contributed by atoms with Crippen LogP contribution in [0.4, 0.5) is 0 Å². The Bertz CT molecular complexity index is 489. The minimum atomic E-state index is 0.269. The second-order valence-corrected chi connectivity index (χ2v) is 6.62. The highest BCUT2D eigenvalue weighted by atomic mass is 35.5. The van der Waals surface area contributed by atoms with Crippen molar-refractivity contribution in [2.45, 2.75) is 31.8 Å². The van der Waals surface area contributed by atoms with Gasteiger partial charge in [-0.2, -0.15) is 0 Å². The summed E-state index contributed by atoms with van der Waals surface area (Å²) in [6, 6.07) is 5.89. The van der Waals surface area contributed by atoms with E-state index in [4.69, 9.17) is 16.3 Å². The van der Waals surface area contributed by atoms with Gasteiger partial charge in [0.05, 0.1) is 7.11 Å². The van der Waals surface area contributed by atoms with Crippen LogP contribution in [0.2, 0.25) is 5.02 Å². The number of hydrogen-bond acceptors (Lipinski definition) is 3. The molecule has 2 aliphatic rings. The van der Waals surface area contributed by atoms with E-state index < -0.39 is 0 Å². The van der Waals surface area contributed by atoms with Crippen LogP contribution in [-0.4, -0.2) is 37.2 Å². The van der Waals surface area contributed by atoms with Crippen molar-refractivity contribution in [1.29, 1.82) is 0 Å². The Morgan fingerprint density at radius 2 is 2.25 bits per heavy atom. The number of nitrogens with one attached hydrogen (secondary N) is 1. The number of hydrogen-bond donors (Lipinski definition) is 1. The number of piperazine rings is 1. The zero-order valence-corrected chi connectivity index (χ0v) is 13.0. The van der Waals surface area contributed by atoms with Gasteiger partial charge in [-0.05, 0) is 43.9 Å². The van der Waals surface area contributed by atoms with Gasteiger partial charge in [0.25, 0.3) is 0 Å². The predicted molar refractivity (Wildman–Crippen MR) is 82.4 cm³/mol. The average molecular weight is 295 g/mol. The number of nitrogens with zero attached hydrogens (tertiary/aromatic N) is 1. The van der Waals surface area contributed by atoms with Gasteiger partial charge in [0.1, 0.15) is 5.75 Å². The van der Waals surface area contributed by atoms with E-state index in [1.807, 2.05) is 18.2 Å². The number of benzene rings is 1. The molecule has 1 unspecified atom stereocenters. The molecule has 110 valence electrons. The molecular weight excluding hydrogens is 272 g/mol. The lowest BCUT2D eigenvalue weighted by molar-refractivity contribution is 0.0478. The molecule has 0 bridgehead atoms. The van der Waals surface area contributed by atoms with Crippen molar-refractivity contribution in [2.75, 3.05) is 26.7 Å². The first kappa shape index (κ1) is 14.2. The van der Waals surface area contributed by atoms with Gasteiger partial charge in [-0.3, -0.25) is 4.90 Å². The minimum Gasteiger partial charge on any atom is -0.496 e. The highest BCUT2D eigenvalue weighted by molar-refractivity contribution is 6.30. The molecule has 1 aliphatic heterocycles. The zero-order chi connectivity index (χ0) is 14.2. The molecule has 3 nitrogen and oxygen atoms in total. The maximum atomic E-state index is 6.15. The third kappa shape index (κ3) is 2.67. The number of methoxy groups -OCH3 is 1. The van der Waals surface area contributed by atoms with E-state index in [1.54, 1.807) is 7.11 Å². The second kappa shape index (κ2) is 5.55. The fraction of sp³-hybridized carbons (Fsp3) is 0.625. The van der Waals surface area contributed by atoms with Gasteiger partial charge >= 0.3 is 0 Å². The van der Waals surface area contributed by atoms with Crippen molar-refractivity contribution in [1.82, 2.24) is 10.2 Å². The Morgan fingerprint density at radius 1 is 1.45 bits per heavy atom. The van der Waals surface area contributed by atoms with Gasteiger partial charge < -0.3 is 10.1 Å². The first-order valence-electron chi connectivity index (χ1n) is 7.41. The van der Waals surface area contributed by atoms with Crippen LogP contribution in [0, 0.1) is 5.92 Å². The molecule has 2 fully saturated rings. The summed E-state index contributed by atoms with van der Waals surface area (Å²) < 4.78 is 5.49. The summed E-state index contributed by atoms with van der Waals surface area (Å²) in [4.78, 5) is 2.61. The highest BCUT2D eigenvalue weighted by Gasteiger charge is 2.46. The Kier molecular flexibility index (Phi) is 3.93. The van der Waals surface area contributed by atoms with E-state index >= 15 is 0 Å². The molecule has 3 rings (SSSR count). The fourth-order valence-electron chi connectivity index (χ4n) is 3.37. The van der Waals surface area contributed by atoms with Crippen LogP contribution in [0.1, 0.15) is 25.3 Å². The smallest absolute Gasteiger partial charge is 0.123 e. The molecule has 1 atom stereocenters. The lowest BCUT2D eigenvalue weighted by Crippen LogP contribution is -2.60. The van der Waals surface area contributed by atoms with Crippen molar-refractivity contribution in [3.8, 4) is 5.75 Å². The second-order valence-electron chi connectivity index (χ2n) is 6.19. The molecule has 1 aromatic rings. The van der Waals surface area contributed by atoms with Crippen LogP contribution in [-0.2, 0) is 6.54 Å². The van der Waals surface area contributed by atoms with Gasteiger partial charge in [0.2, 0.25) is 0 Å². The number of ether oxygens (including phenoxy) is 1. The summed E-state index contributed by atoms with van der Waals surface area (Å²) >= 11 is 6.15. The molecule has 0 radical (unpaired) electrons. The normalized spacial score (nSPS) is 27.6. The Hall–Kier alpha value is -0.770. The summed E-state index contributed by atoms with van der Waals surface area (Å²) in [7, 11) is 1.73. The minimum absolute atomic E-state index is 0.269. The van der Waals surface area contributed by atoms with Crippen molar-refractivity contribution >= 4 is 11.6 Å². The third-order valence-electron chi connectivity index (χ3n) is 4.82. The van der Waals surface area contributed by atoms with Crippen molar-refractivity contribution in [3.63, 3.8) is 0 Å². The number of halogens is 1. The van der Waals surface area contributed by atoms with Crippen molar-refractivity contribution in [3.05, 3.63) is 28.8 Å². The lowest BCUT2D eigenvalue weighted by Gasteiger charge is -2.46. The number of rotatable bonds is 4. The van der Waals surface area contributed by atoms with E-state index in [0.717, 1.165) is 42.9 Å². The summed E-state index contributed by atoms with van der Waals surface area (Å²) in [6.45, 7) is 6.54. The van der Waals surface area contributed by atoms with Gasteiger partial charge in [-0.25, -0.2) is 0 Å². The van der Waals surface area contributed by atoms with Crippen molar-refractivity contribution < 1.29 is 4.74 Å². The zero-order valence-electron chi connectivity index (χ0n) is 12.3. The summed E-state index contributed by atoms with van der Waals surface area (Å²) in [5.41, 5.74) is 1.46. The molecule has 1 N–H and O–H groups in total. The molecule has 1 aliphatic carbocycles. The topological polar surface area (TPSA) is 24.5 Å². The standard InChI is InChI=1S/C16H23ClN2O/c1-16(13-3-4-13)11-18-7-8-19(16)10-12-9-14(17)5-6-15(12)20-2/h5-6,9,13,18H,3-4,7-8,10-11H2,1-2H3. The van der Waals surface area contributed by atoms with Gasteiger partial charge in [-0.15, -0.1) is 0 Å². The SMILES string of the molecule is COc1ccc(Cl)cc1CN1CCNCC1(C)C1CC1. The Morgan fingerprint density at radius 3 is 2.95 bits per heavy atom. The molecule has 0 amide bonds. The van der Waals surface area contributed by atoms with Gasteiger partial charge in [0.15, 0.2) is 0 Å². The van der Waals surface area contributed by atoms with Gasteiger partial charge in [0, 0.05) is 42.3 Å². The van der Waals surface area contributed by atoms with E-state index in [0.29, 0.717) is 0 Å². The van der Waals surface area contributed by atoms with Crippen LogP contribution < -0.4 is 10.1 Å². The quantitative estimate of drug-likeness (QED) is 0.924. The summed E-state index contributed by atoms with van der Waals surface area (Å²) in [5.74, 6) is 1.77. The van der Waals surface area contributed by atoms with E-state index in [1.165, 1.54) is 18.4 Å². The first-order valence-corrected chi connectivity index (χ1v) is 7.79. The van der Waals surface area contributed by atoms with Crippen LogP contribution in [0.25, 0.3) is 0 Å². The maximum Gasteiger partial charge on any atom is 0.123 e. The predicted octanol–water partition coefficient (Wildman–Crippen LogP) is 2.92. The average Bonchev–Trinajstić information content (AvgIpc) is 3.27. The molecule has 4 heteroatoms. The molecule has 0 spiro atoms. The van der Waals surface area contributed by atoms with Crippen molar-refractivity contribution in [2.24, 2.45) is 5.92 Å². The summed E-state index contributed by atoms with van der Waals surface area (Å²) in [5, 5.41) is 4.33. The first-order chi connectivity index (χ1) is 9.63. The van der Waals surface area contributed by atoms with Crippen LogP contribution >= 0.6 is 11.6 Å². The largest absolute Gasteiger partial charge is 0.496 e. The van der Waals surface area contributed by atoms with Crippen LogP contribution in [0.15, 0.2) is 18.2 Å². The lowest BCUT2D eigenvalue weighted by atomic mass is 9.90. The van der Waals surface area contributed by atoms with Gasteiger partial charge in [-0.1, -0.05) is 11.6 Å². The molecule has 1 aromatic carbocycles. The van der Waals surface area contributed by atoms with E-state index in [9.17, 15) is 0 Å². The molecule has 1 heterocycles. The molecule has 0 aromatic heterocycles. The van der Waals surface area contributed by atoms with E-state index in [-0.39, 0.29) is 5.54 Å². The maximum absolute atomic E-state index is 6.15. The molecule has 20 heavy (non-hydrogen) atoms. The van der Waals surface area contributed by atoms with Crippen LogP contribution in [0.3, 0.4) is 0 Å². The van der Waals surface area contributed by atoms with Crippen LogP contribution in [0.5, 0.6) is 5.75 Å². The third-order valence-corrected chi connectivity index (χ3v) is 5.06. The Labute approximate surface area is 126 Å². The molecular formula is C16H23ClN2O. The Balaban J connectivity index is 1.83. The van der Waals surface area contributed by atoms with E-state index in [2.05, 4.69) is 17.1 Å². The molecule has 1 saturated heterocycles. The highest BCUT2D eigenvalue weighted by Crippen LogP contribution is 2.44. The molecule has 1 saturated carbocycles. The fourth-order valence-corrected chi connectivity index (χ4v) is 3.56. The monoisotopic (exact) mass is 294 g/mol.